The Morgan fingerprint density at radius 2 is 1.58 bits per heavy atom. The summed E-state index contributed by atoms with van der Waals surface area (Å²) in [5.41, 5.74) is 3.18. The van der Waals surface area contributed by atoms with Crippen LogP contribution in [0.3, 0.4) is 0 Å². The quantitative estimate of drug-likeness (QED) is 0.378. The average Bonchev–Trinajstić information content (AvgIpc) is 3.05. The summed E-state index contributed by atoms with van der Waals surface area (Å²) in [6.07, 6.45) is 14.8. The van der Waals surface area contributed by atoms with Crippen LogP contribution >= 0.6 is 0 Å². The Kier molecular flexibility index (Phi) is 8.21. The minimum atomic E-state index is 0.576. The summed E-state index contributed by atoms with van der Waals surface area (Å²) in [6.45, 7) is 6.69. The maximum Gasteiger partial charge on any atom is 0.223 e. The summed E-state index contributed by atoms with van der Waals surface area (Å²) in [4.78, 5) is 4.29. The van der Waals surface area contributed by atoms with E-state index >= 15 is 0 Å². The lowest BCUT2D eigenvalue weighted by Crippen LogP contribution is -2.01. The van der Waals surface area contributed by atoms with E-state index in [2.05, 4.69) is 42.0 Å². The molecule has 0 bridgehead atoms. The van der Waals surface area contributed by atoms with Gasteiger partial charge in [0.05, 0.1) is 6.61 Å². The number of terminal acetylenes is 1. The number of hydrogen-bond donors (Lipinski definition) is 0. The summed E-state index contributed by atoms with van der Waals surface area (Å²) in [5, 5.41) is 3.99. The molecule has 0 aliphatic carbocycles. The van der Waals surface area contributed by atoms with Gasteiger partial charge in [0.2, 0.25) is 11.7 Å². The summed E-state index contributed by atoms with van der Waals surface area (Å²) in [5.74, 6) is 4.87. The zero-order valence-corrected chi connectivity index (χ0v) is 16.3. The first-order valence-corrected chi connectivity index (χ1v) is 9.60. The first kappa shape index (κ1) is 20.0. The van der Waals surface area contributed by atoms with Crippen molar-refractivity contribution in [3.63, 3.8) is 0 Å². The summed E-state index contributed by atoms with van der Waals surface area (Å²) in [7, 11) is 0. The van der Waals surface area contributed by atoms with Crippen LogP contribution < -0.4 is 4.74 Å². The highest BCUT2D eigenvalue weighted by Crippen LogP contribution is 2.29. The minimum absolute atomic E-state index is 0.576. The van der Waals surface area contributed by atoms with Crippen LogP contribution in [0.25, 0.3) is 11.4 Å². The van der Waals surface area contributed by atoms with Crippen LogP contribution in [-0.4, -0.2) is 16.7 Å². The van der Waals surface area contributed by atoms with E-state index in [-0.39, 0.29) is 0 Å². The van der Waals surface area contributed by atoms with Gasteiger partial charge in [0.15, 0.2) is 0 Å². The average molecular weight is 354 g/mol. The van der Waals surface area contributed by atoms with Crippen LogP contribution in [0, 0.1) is 33.1 Å². The van der Waals surface area contributed by atoms with Crippen molar-refractivity contribution >= 4 is 0 Å². The van der Waals surface area contributed by atoms with Crippen LogP contribution in [0.1, 0.15) is 68.4 Å². The number of hydrogen-bond acceptors (Lipinski definition) is 4. The third-order valence-corrected chi connectivity index (χ3v) is 4.46. The molecule has 4 nitrogen and oxygen atoms in total. The molecule has 0 N–H and O–H groups in total. The Labute approximate surface area is 157 Å². The van der Waals surface area contributed by atoms with Crippen molar-refractivity contribution in [2.24, 2.45) is 0 Å². The van der Waals surface area contributed by atoms with Crippen LogP contribution in [0.5, 0.6) is 5.75 Å². The number of unbranched alkanes of at least 4 members (excludes halogenated alkanes) is 7. The van der Waals surface area contributed by atoms with Gasteiger partial charge in [-0.1, -0.05) is 37.3 Å². The fourth-order valence-corrected chi connectivity index (χ4v) is 3.11. The van der Waals surface area contributed by atoms with Crippen molar-refractivity contribution in [1.29, 1.82) is 0 Å². The van der Waals surface area contributed by atoms with Gasteiger partial charge in [-0.05, 0) is 49.9 Å². The molecule has 0 spiro atoms. The molecule has 0 atom stereocenters. The van der Waals surface area contributed by atoms with E-state index < -0.39 is 0 Å². The van der Waals surface area contributed by atoms with Crippen molar-refractivity contribution < 1.29 is 9.26 Å². The Bertz CT molecular complexity index is 705. The zero-order chi connectivity index (χ0) is 18.8. The predicted molar refractivity (Wildman–Crippen MR) is 105 cm³/mol. The summed E-state index contributed by atoms with van der Waals surface area (Å²) >= 11 is 0. The summed E-state index contributed by atoms with van der Waals surface area (Å²) in [6, 6.07) is 4.12. The molecular formula is C22H30N2O2. The van der Waals surface area contributed by atoms with Crippen molar-refractivity contribution in [2.75, 3.05) is 6.61 Å². The first-order chi connectivity index (χ1) is 12.6. The second-order valence-corrected chi connectivity index (χ2v) is 6.85. The molecule has 0 amide bonds. The lowest BCUT2D eigenvalue weighted by atomic mass is 10.1. The van der Waals surface area contributed by atoms with Gasteiger partial charge < -0.3 is 9.26 Å². The first-order valence-electron chi connectivity index (χ1n) is 9.60. The van der Waals surface area contributed by atoms with Gasteiger partial charge in [-0.15, -0.1) is 12.3 Å². The lowest BCUT2D eigenvalue weighted by molar-refractivity contribution is 0.300. The minimum Gasteiger partial charge on any atom is -0.493 e. The molecule has 0 unspecified atom stereocenters. The smallest absolute Gasteiger partial charge is 0.223 e. The van der Waals surface area contributed by atoms with Gasteiger partial charge in [-0.2, -0.15) is 4.98 Å². The molecule has 4 heteroatoms. The fraction of sp³-hybridized carbons (Fsp3) is 0.545. The molecule has 0 fully saturated rings. The highest BCUT2D eigenvalue weighted by Gasteiger charge is 2.11. The number of aromatic nitrogens is 2. The molecule has 1 aromatic heterocycles. The van der Waals surface area contributed by atoms with Gasteiger partial charge in [0.25, 0.3) is 0 Å². The summed E-state index contributed by atoms with van der Waals surface area (Å²) < 4.78 is 11.1. The van der Waals surface area contributed by atoms with Crippen LogP contribution in [0.15, 0.2) is 16.7 Å². The van der Waals surface area contributed by atoms with Gasteiger partial charge in [0.1, 0.15) is 5.75 Å². The number of benzene rings is 1. The lowest BCUT2D eigenvalue weighted by Gasteiger charge is -2.13. The maximum absolute atomic E-state index is 6.04. The molecule has 0 aliphatic heterocycles. The monoisotopic (exact) mass is 354 g/mol. The van der Waals surface area contributed by atoms with E-state index in [1.807, 2.05) is 0 Å². The van der Waals surface area contributed by atoms with E-state index in [1.165, 1.54) is 32.1 Å². The largest absolute Gasteiger partial charge is 0.493 e. The molecule has 1 aromatic carbocycles. The molecule has 140 valence electrons. The Hall–Kier alpha value is -2.28. The Morgan fingerprint density at radius 1 is 0.962 bits per heavy atom. The second kappa shape index (κ2) is 10.7. The molecule has 0 saturated carbocycles. The second-order valence-electron chi connectivity index (χ2n) is 6.85. The molecule has 26 heavy (non-hydrogen) atoms. The van der Waals surface area contributed by atoms with Gasteiger partial charge >= 0.3 is 0 Å². The molecule has 1 heterocycles. The van der Waals surface area contributed by atoms with E-state index in [0.717, 1.165) is 48.3 Å². The molecule has 2 rings (SSSR count). The van der Waals surface area contributed by atoms with Crippen LogP contribution in [0.2, 0.25) is 0 Å². The SMILES string of the molecule is C#CCCCCCCCCCOc1c(C)cc(-c2noc(C)n2)cc1C. The molecule has 0 radical (unpaired) electrons. The van der Waals surface area contributed by atoms with E-state index in [1.54, 1.807) is 6.92 Å². The predicted octanol–water partition coefficient (Wildman–Crippen LogP) is 5.79. The Balaban J connectivity index is 1.72. The van der Waals surface area contributed by atoms with Gasteiger partial charge in [0, 0.05) is 18.9 Å². The maximum atomic E-state index is 6.04. The van der Waals surface area contributed by atoms with Crippen LogP contribution in [-0.2, 0) is 0 Å². The van der Waals surface area contributed by atoms with Crippen molar-refractivity contribution in [3.8, 4) is 29.5 Å². The fourth-order valence-electron chi connectivity index (χ4n) is 3.11. The van der Waals surface area contributed by atoms with E-state index in [0.29, 0.717) is 11.7 Å². The van der Waals surface area contributed by atoms with Crippen molar-refractivity contribution in [1.82, 2.24) is 10.1 Å². The molecule has 2 aromatic rings. The van der Waals surface area contributed by atoms with E-state index in [4.69, 9.17) is 15.7 Å². The molecule has 0 saturated heterocycles. The van der Waals surface area contributed by atoms with E-state index in [9.17, 15) is 0 Å². The van der Waals surface area contributed by atoms with Crippen molar-refractivity contribution in [2.45, 2.75) is 72.1 Å². The van der Waals surface area contributed by atoms with Gasteiger partial charge in [-0.3, -0.25) is 0 Å². The van der Waals surface area contributed by atoms with Crippen LogP contribution in [0.4, 0.5) is 0 Å². The zero-order valence-electron chi connectivity index (χ0n) is 16.3. The number of ether oxygens (including phenoxy) is 1. The third kappa shape index (κ3) is 6.22. The molecular weight excluding hydrogens is 324 g/mol. The molecule has 0 aliphatic rings. The normalized spacial score (nSPS) is 10.7. The van der Waals surface area contributed by atoms with Gasteiger partial charge in [-0.25, -0.2) is 0 Å². The highest BCUT2D eigenvalue weighted by molar-refractivity contribution is 5.60. The highest BCUT2D eigenvalue weighted by atomic mass is 16.5. The number of aryl methyl sites for hydroxylation is 3. The number of nitrogens with zero attached hydrogens (tertiary/aromatic N) is 2. The number of rotatable bonds is 11. The third-order valence-electron chi connectivity index (χ3n) is 4.46. The standard InChI is InChI=1S/C22H30N2O2/c1-5-6-7-8-9-10-11-12-13-14-25-21-17(2)15-20(16-18(21)3)22-23-19(4)26-24-22/h1,15-16H,6-14H2,2-4H3. The topological polar surface area (TPSA) is 48.2 Å². The van der Waals surface area contributed by atoms with Crippen molar-refractivity contribution in [3.05, 3.63) is 29.2 Å². The Morgan fingerprint density at radius 3 is 2.15 bits per heavy atom.